The van der Waals surface area contributed by atoms with E-state index in [1.165, 1.54) is 6.08 Å². The number of rotatable bonds is 6. The van der Waals surface area contributed by atoms with Crippen molar-refractivity contribution in [2.24, 2.45) is 11.5 Å². The van der Waals surface area contributed by atoms with Gasteiger partial charge in [0.05, 0.1) is 37.8 Å². The number of nitrogens with two attached hydrogens (primary N) is 3. The molecule has 2 fully saturated rings. The van der Waals surface area contributed by atoms with Crippen molar-refractivity contribution in [1.82, 2.24) is 24.8 Å². The summed E-state index contributed by atoms with van der Waals surface area (Å²) in [6, 6.07) is 8.75. The molecule has 5 heterocycles. The molecule has 244 valence electrons. The number of guanidine groups is 1. The Morgan fingerprint density at radius 2 is 1.40 bits per heavy atom. The van der Waals surface area contributed by atoms with E-state index in [4.69, 9.17) is 43.8 Å². The van der Waals surface area contributed by atoms with Gasteiger partial charge in [-0.15, -0.1) is 12.4 Å². The van der Waals surface area contributed by atoms with Crippen LogP contribution < -0.4 is 27.0 Å². The number of nitrogens with zero attached hydrogens (tertiary/aromatic N) is 7. The molecule has 45 heavy (non-hydrogen) atoms. The number of nitrogens with one attached hydrogen (secondary N) is 1. The van der Waals surface area contributed by atoms with Crippen molar-refractivity contribution in [3.05, 3.63) is 64.5 Å². The first kappa shape index (κ1) is 37.2. The topological polar surface area (TPSA) is 199 Å². The number of carbonyl (C=O) groups is 1. The van der Waals surface area contributed by atoms with E-state index in [9.17, 15) is 4.79 Å². The molecule has 0 radical (unpaired) electrons. The average molecular weight is 683 g/mol. The fraction of sp³-hybridized carbons (Fsp3) is 0.357. The van der Waals surface area contributed by atoms with Gasteiger partial charge in [0, 0.05) is 68.8 Å². The summed E-state index contributed by atoms with van der Waals surface area (Å²) in [5.41, 5.74) is 16.3. The number of pyridine rings is 2. The van der Waals surface area contributed by atoms with Crippen LogP contribution in [-0.4, -0.2) is 103 Å². The van der Waals surface area contributed by atoms with Gasteiger partial charge < -0.3 is 41.4 Å². The lowest BCUT2D eigenvalue weighted by molar-refractivity contribution is 0.104. The van der Waals surface area contributed by atoms with Crippen molar-refractivity contribution in [2.45, 2.75) is 0 Å². The number of anilines is 3. The van der Waals surface area contributed by atoms with E-state index in [1.54, 1.807) is 41.6 Å². The number of ether oxygens (including phenoxy) is 2. The Bertz CT molecular complexity index is 1430. The second kappa shape index (κ2) is 18.8. The Labute approximate surface area is 278 Å². The van der Waals surface area contributed by atoms with Gasteiger partial charge in [0.1, 0.15) is 17.3 Å². The van der Waals surface area contributed by atoms with Gasteiger partial charge in [-0.05, 0) is 30.3 Å². The summed E-state index contributed by atoms with van der Waals surface area (Å²) in [4.78, 5) is 35.1. The summed E-state index contributed by atoms with van der Waals surface area (Å²) in [5.74, 6) is 1.28. The maximum absolute atomic E-state index is 12.1. The number of nitrogen functional groups attached to an aromatic ring is 1. The summed E-state index contributed by atoms with van der Waals surface area (Å²) in [5, 5.41) is 7.19. The smallest absolute Gasteiger partial charge is 0.220 e. The zero-order chi connectivity index (χ0) is 32.1. The highest BCUT2D eigenvalue weighted by Gasteiger charge is 2.16. The number of hydrogen-bond acceptors (Lipinski definition) is 12. The minimum atomic E-state index is -0.333. The number of morpholine rings is 2. The van der Waals surface area contributed by atoms with Crippen LogP contribution in [0.25, 0.3) is 11.4 Å². The summed E-state index contributed by atoms with van der Waals surface area (Å²) < 4.78 is 10.7. The molecule has 0 bridgehead atoms. The predicted octanol–water partition coefficient (Wildman–Crippen LogP) is 2.70. The molecule has 0 amide bonds. The van der Waals surface area contributed by atoms with Gasteiger partial charge in [-0.2, -0.15) is 0 Å². The summed E-state index contributed by atoms with van der Waals surface area (Å²) in [6.45, 7) is 5.85. The summed E-state index contributed by atoms with van der Waals surface area (Å²) in [7, 11) is 3.71. The molecule has 3 aromatic rings. The van der Waals surface area contributed by atoms with E-state index >= 15 is 0 Å². The Hall–Kier alpha value is -3.95. The van der Waals surface area contributed by atoms with Gasteiger partial charge >= 0.3 is 0 Å². The molecule has 0 aromatic carbocycles. The quantitative estimate of drug-likeness (QED) is 0.128. The van der Waals surface area contributed by atoms with E-state index in [0.717, 1.165) is 37.8 Å². The predicted molar refractivity (Wildman–Crippen MR) is 181 cm³/mol. The van der Waals surface area contributed by atoms with E-state index in [1.807, 2.05) is 20.2 Å². The molecule has 5 rings (SSSR count). The van der Waals surface area contributed by atoms with Gasteiger partial charge in [0.25, 0.3) is 0 Å². The zero-order valence-corrected chi connectivity index (χ0v) is 27.4. The summed E-state index contributed by atoms with van der Waals surface area (Å²) in [6.07, 6.45) is 4.79. The molecule has 0 unspecified atom stereocenters. The minimum absolute atomic E-state index is 0. The van der Waals surface area contributed by atoms with Crippen LogP contribution in [0.4, 0.5) is 17.6 Å². The molecule has 14 nitrogen and oxygen atoms in total. The molecule has 0 spiro atoms. The molecule has 17 heteroatoms. The highest BCUT2D eigenvalue weighted by molar-refractivity contribution is 6.31. The fourth-order valence-corrected chi connectivity index (χ4v) is 4.35. The minimum Gasteiger partial charge on any atom is -0.383 e. The SMILES string of the molecule is CN(C)/C=C/C(=O)c1cc(Cl)cc(N2CCOCC2)n1.Cl.N=C(N)N.Nc1nccc(-c2cc(Cl)cc(N3CCOCC3)n2)n1. The molecular formula is C28H38Cl3N11O3. The van der Waals surface area contributed by atoms with E-state index in [0.29, 0.717) is 53.6 Å². The lowest BCUT2D eigenvalue weighted by Gasteiger charge is -2.28. The van der Waals surface area contributed by atoms with Crippen LogP contribution in [-0.2, 0) is 9.47 Å². The standard InChI is InChI=1S/C14H18ClN3O2.C13H14ClN5O.CH5N3.ClH/c1-17(2)4-3-13(19)12-9-11(15)10-14(16-12)18-5-7-20-8-6-18;14-9-7-11(10-1-2-16-13(15)18-10)17-12(8-9)19-3-5-20-6-4-19;2-1(3)4;/h3-4,9-10H,5-8H2,1-2H3;1-2,7-8H,3-6H2,(H2,15,16,18);(H5,2,3,4);1H/b4-3+;;;. The Morgan fingerprint density at radius 3 is 1.91 bits per heavy atom. The Morgan fingerprint density at radius 1 is 0.889 bits per heavy atom. The van der Waals surface area contributed by atoms with Crippen molar-refractivity contribution >= 4 is 64.9 Å². The van der Waals surface area contributed by atoms with Crippen LogP contribution in [0.15, 0.2) is 48.8 Å². The molecule has 0 atom stereocenters. The number of halogens is 3. The maximum Gasteiger partial charge on any atom is 0.220 e. The van der Waals surface area contributed by atoms with Gasteiger partial charge in [-0.3, -0.25) is 10.2 Å². The van der Waals surface area contributed by atoms with Gasteiger partial charge in [-0.1, -0.05) is 23.2 Å². The Kier molecular flexibility index (Phi) is 15.5. The van der Waals surface area contributed by atoms with E-state index in [-0.39, 0.29) is 30.1 Å². The first-order valence-electron chi connectivity index (χ1n) is 13.6. The van der Waals surface area contributed by atoms with Crippen LogP contribution in [0.3, 0.4) is 0 Å². The zero-order valence-electron chi connectivity index (χ0n) is 25.0. The van der Waals surface area contributed by atoms with Crippen LogP contribution in [0.2, 0.25) is 10.0 Å². The fourth-order valence-electron chi connectivity index (χ4n) is 3.95. The van der Waals surface area contributed by atoms with Crippen LogP contribution in [0.5, 0.6) is 0 Å². The molecule has 3 aromatic heterocycles. The maximum atomic E-state index is 12.1. The van der Waals surface area contributed by atoms with E-state index in [2.05, 4.69) is 41.2 Å². The lowest BCUT2D eigenvalue weighted by atomic mass is 10.2. The highest BCUT2D eigenvalue weighted by Crippen LogP contribution is 2.25. The third kappa shape index (κ3) is 12.9. The number of allylic oxidation sites excluding steroid dienone is 1. The molecule has 0 saturated carbocycles. The number of carbonyl (C=O) groups excluding carboxylic acids is 1. The number of aromatic nitrogens is 4. The first-order chi connectivity index (χ1) is 21.0. The lowest BCUT2D eigenvalue weighted by Crippen LogP contribution is -2.36. The second-order valence-corrected chi connectivity index (χ2v) is 10.5. The van der Waals surface area contributed by atoms with Crippen molar-refractivity contribution in [1.29, 1.82) is 5.41 Å². The van der Waals surface area contributed by atoms with Crippen molar-refractivity contribution < 1.29 is 14.3 Å². The number of hydrogen-bond donors (Lipinski definition) is 4. The van der Waals surface area contributed by atoms with Crippen molar-refractivity contribution in [3.8, 4) is 11.4 Å². The highest BCUT2D eigenvalue weighted by atomic mass is 35.5. The van der Waals surface area contributed by atoms with Gasteiger partial charge in [0.2, 0.25) is 11.7 Å². The molecule has 2 aliphatic rings. The van der Waals surface area contributed by atoms with Gasteiger partial charge in [-0.25, -0.2) is 19.9 Å². The molecular weight excluding hydrogens is 645 g/mol. The first-order valence-corrected chi connectivity index (χ1v) is 14.4. The Balaban J connectivity index is 0.000000275. The molecule has 7 N–H and O–H groups in total. The van der Waals surface area contributed by atoms with Crippen molar-refractivity contribution in [3.63, 3.8) is 0 Å². The van der Waals surface area contributed by atoms with Crippen LogP contribution in [0.1, 0.15) is 10.5 Å². The molecule has 2 saturated heterocycles. The monoisotopic (exact) mass is 681 g/mol. The van der Waals surface area contributed by atoms with Crippen molar-refractivity contribution in [2.75, 3.05) is 82.2 Å². The third-order valence-electron chi connectivity index (χ3n) is 5.94. The third-order valence-corrected chi connectivity index (χ3v) is 6.37. The average Bonchev–Trinajstić information content (AvgIpc) is 3.00. The second-order valence-electron chi connectivity index (χ2n) is 9.66. The van der Waals surface area contributed by atoms with Crippen LogP contribution in [0, 0.1) is 5.41 Å². The summed E-state index contributed by atoms with van der Waals surface area (Å²) >= 11 is 12.3. The largest absolute Gasteiger partial charge is 0.383 e. The number of ketones is 1. The van der Waals surface area contributed by atoms with Gasteiger partial charge in [0.15, 0.2) is 5.96 Å². The normalized spacial score (nSPS) is 14.3. The van der Waals surface area contributed by atoms with E-state index < -0.39 is 0 Å². The molecule has 2 aliphatic heterocycles. The molecule has 0 aliphatic carbocycles. The van der Waals surface area contributed by atoms with Crippen LogP contribution >= 0.6 is 35.6 Å².